The van der Waals surface area contributed by atoms with Gasteiger partial charge in [0.05, 0.1) is 4.90 Å². The zero-order valence-electron chi connectivity index (χ0n) is 20.8. The summed E-state index contributed by atoms with van der Waals surface area (Å²) in [6, 6.07) is 7.76. The first-order valence-corrected chi connectivity index (χ1v) is 13.4. The Hall–Kier alpha value is -3.04. The molecule has 0 unspecified atom stereocenters. The van der Waals surface area contributed by atoms with Crippen molar-refractivity contribution in [3.8, 4) is 0 Å². The number of carbonyl (C=O) groups excluding carboxylic acids is 1. The number of sulfonamides is 1. The number of nitrogens with one attached hydrogen (secondary N) is 1. The van der Waals surface area contributed by atoms with Crippen molar-refractivity contribution in [2.24, 2.45) is 5.92 Å². The Morgan fingerprint density at radius 1 is 1.03 bits per heavy atom. The average molecular weight is 496 g/mol. The van der Waals surface area contributed by atoms with Gasteiger partial charge in [0.15, 0.2) is 5.82 Å². The van der Waals surface area contributed by atoms with E-state index in [0.29, 0.717) is 43.2 Å². The van der Waals surface area contributed by atoms with Crippen LogP contribution in [-0.2, 0) is 27.8 Å². The van der Waals surface area contributed by atoms with Gasteiger partial charge in [0.1, 0.15) is 0 Å². The normalized spacial score (nSPS) is 15.3. The Bertz CT molecular complexity index is 1280. The van der Waals surface area contributed by atoms with Crippen molar-refractivity contribution in [3.05, 3.63) is 70.7 Å². The molecule has 1 N–H and O–H groups in total. The van der Waals surface area contributed by atoms with Crippen molar-refractivity contribution < 1.29 is 13.2 Å². The summed E-state index contributed by atoms with van der Waals surface area (Å²) in [5.74, 6) is 0.159. The van der Waals surface area contributed by atoms with E-state index in [9.17, 15) is 13.2 Å². The molecule has 3 heterocycles. The number of benzene rings is 1. The van der Waals surface area contributed by atoms with E-state index in [4.69, 9.17) is 0 Å². The molecule has 35 heavy (non-hydrogen) atoms. The van der Waals surface area contributed by atoms with E-state index in [1.807, 2.05) is 52.1 Å². The first-order valence-electron chi connectivity index (χ1n) is 12.0. The monoisotopic (exact) mass is 495 g/mol. The number of rotatable bonds is 7. The molecule has 1 aliphatic heterocycles. The molecule has 1 saturated heterocycles. The van der Waals surface area contributed by atoms with Crippen LogP contribution in [0.25, 0.3) is 0 Å². The van der Waals surface area contributed by atoms with Crippen LogP contribution >= 0.6 is 0 Å². The van der Waals surface area contributed by atoms with Crippen LogP contribution in [0.3, 0.4) is 0 Å². The Labute approximate surface area is 207 Å². The molecule has 0 atom stereocenters. The smallest absolute Gasteiger partial charge is 0.243 e. The third kappa shape index (κ3) is 5.46. The number of anilines is 1. The summed E-state index contributed by atoms with van der Waals surface area (Å²) in [7, 11) is -3.62. The quantitative estimate of drug-likeness (QED) is 0.538. The maximum Gasteiger partial charge on any atom is 0.243 e. The van der Waals surface area contributed by atoms with E-state index in [1.54, 1.807) is 23.1 Å². The third-order valence-corrected chi connectivity index (χ3v) is 9.16. The SMILES string of the molecule is Cc1cc(C)c(C)c(S(=O)(=O)N2CCC(C(=O)Nc3ccn(CCc4ccncc4)n3)CC2)c1C. The average Bonchev–Trinajstić information content (AvgIpc) is 3.29. The van der Waals surface area contributed by atoms with Crippen LogP contribution in [0.15, 0.2) is 47.8 Å². The molecule has 186 valence electrons. The second-order valence-electron chi connectivity index (χ2n) is 9.33. The zero-order valence-corrected chi connectivity index (χ0v) is 21.6. The van der Waals surface area contributed by atoms with Gasteiger partial charge >= 0.3 is 0 Å². The summed E-state index contributed by atoms with van der Waals surface area (Å²) < 4.78 is 30.3. The highest BCUT2D eigenvalue weighted by molar-refractivity contribution is 7.89. The Morgan fingerprint density at radius 3 is 2.29 bits per heavy atom. The predicted octanol–water partition coefficient (Wildman–Crippen LogP) is 3.79. The molecule has 0 bridgehead atoms. The number of pyridine rings is 1. The molecule has 1 aliphatic rings. The Kier molecular flexibility index (Phi) is 7.37. The summed E-state index contributed by atoms with van der Waals surface area (Å²) in [5, 5.41) is 7.35. The highest BCUT2D eigenvalue weighted by Crippen LogP contribution is 2.31. The van der Waals surface area contributed by atoms with E-state index >= 15 is 0 Å². The van der Waals surface area contributed by atoms with Gasteiger partial charge in [-0.3, -0.25) is 14.5 Å². The number of amides is 1. The predicted molar refractivity (Wildman–Crippen MR) is 136 cm³/mol. The molecular formula is C26H33N5O3S. The molecule has 3 aromatic rings. The minimum atomic E-state index is -3.62. The number of hydrogen-bond acceptors (Lipinski definition) is 5. The zero-order chi connectivity index (χ0) is 25.2. The molecule has 0 saturated carbocycles. The maximum absolute atomic E-state index is 13.5. The summed E-state index contributed by atoms with van der Waals surface area (Å²) in [6.45, 7) is 8.97. The second kappa shape index (κ2) is 10.3. The van der Waals surface area contributed by atoms with Crippen LogP contribution < -0.4 is 5.32 Å². The van der Waals surface area contributed by atoms with Gasteiger partial charge in [-0.2, -0.15) is 9.40 Å². The molecule has 0 radical (unpaired) electrons. The topological polar surface area (TPSA) is 97.2 Å². The third-order valence-electron chi connectivity index (χ3n) is 6.99. The van der Waals surface area contributed by atoms with Crippen LogP contribution in [-0.4, -0.2) is 46.5 Å². The van der Waals surface area contributed by atoms with Crippen LogP contribution in [0.5, 0.6) is 0 Å². The number of aromatic nitrogens is 3. The molecular weight excluding hydrogens is 462 g/mol. The molecule has 1 fully saturated rings. The molecule has 1 aromatic carbocycles. The molecule has 1 amide bonds. The van der Waals surface area contributed by atoms with Gasteiger partial charge < -0.3 is 5.32 Å². The molecule has 9 heteroatoms. The maximum atomic E-state index is 13.5. The van der Waals surface area contributed by atoms with E-state index in [1.165, 1.54) is 9.87 Å². The highest BCUT2D eigenvalue weighted by atomic mass is 32.2. The van der Waals surface area contributed by atoms with Gasteiger partial charge in [-0.1, -0.05) is 6.07 Å². The minimum absolute atomic E-state index is 0.111. The summed E-state index contributed by atoms with van der Waals surface area (Å²) in [5.41, 5.74) is 4.72. The lowest BCUT2D eigenvalue weighted by atomic mass is 9.97. The summed E-state index contributed by atoms with van der Waals surface area (Å²) >= 11 is 0. The second-order valence-corrected chi connectivity index (χ2v) is 11.2. The fraction of sp³-hybridized carbons (Fsp3) is 0.423. The van der Waals surface area contributed by atoms with Crippen LogP contribution in [0, 0.1) is 33.6 Å². The first kappa shape index (κ1) is 25.1. The number of piperidine rings is 1. The fourth-order valence-corrected chi connectivity index (χ4v) is 6.67. The Morgan fingerprint density at radius 2 is 1.66 bits per heavy atom. The van der Waals surface area contributed by atoms with Gasteiger partial charge in [0, 0.05) is 50.2 Å². The van der Waals surface area contributed by atoms with Crippen molar-refractivity contribution in [1.82, 2.24) is 19.1 Å². The number of aryl methyl sites for hydroxylation is 4. The lowest BCUT2D eigenvalue weighted by Gasteiger charge is -2.31. The summed E-state index contributed by atoms with van der Waals surface area (Å²) in [6.07, 6.45) is 7.17. The molecule has 2 aromatic heterocycles. The molecule has 0 spiro atoms. The van der Waals surface area contributed by atoms with Crippen LogP contribution in [0.2, 0.25) is 0 Å². The fourth-order valence-electron chi connectivity index (χ4n) is 4.63. The van der Waals surface area contributed by atoms with Crippen molar-refractivity contribution in [3.63, 3.8) is 0 Å². The van der Waals surface area contributed by atoms with E-state index < -0.39 is 10.0 Å². The van der Waals surface area contributed by atoms with Gasteiger partial charge in [-0.15, -0.1) is 0 Å². The minimum Gasteiger partial charge on any atom is -0.309 e. The molecule has 0 aliphatic carbocycles. The van der Waals surface area contributed by atoms with Gasteiger partial charge in [0.2, 0.25) is 15.9 Å². The summed E-state index contributed by atoms with van der Waals surface area (Å²) in [4.78, 5) is 17.3. The largest absolute Gasteiger partial charge is 0.309 e. The number of carbonyl (C=O) groups is 1. The molecule has 8 nitrogen and oxygen atoms in total. The standard InChI is InChI=1S/C26H33N5O3S/c1-18-17-19(2)21(4)25(20(18)3)35(33,34)31-15-8-23(9-16-31)26(32)28-24-10-14-30(29-24)13-7-22-5-11-27-12-6-22/h5-6,10-12,14,17,23H,7-9,13,15-16H2,1-4H3,(H,28,29,32). The van der Waals surface area contributed by atoms with Crippen molar-refractivity contribution in [2.45, 2.75) is 58.4 Å². The number of hydrogen-bond donors (Lipinski definition) is 1. The van der Waals surface area contributed by atoms with Crippen molar-refractivity contribution in [1.29, 1.82) is 0 Å². The van der Waals surface area contributed by atoms with Gasteiger partial charge in [0.25, 0.3) is 0 Å². The Balaban J connectivity index is 1.35. The highest BCUT2D eigenvalue weighted by Gasteiger charge is 2.34. The van der Waals surface area contributed by atoms with Crippen LogP contribution in [0.1, 0.15) is 40.7 Å². The van der Waals surface area contributed by atoms with Crippen LogP contribution in [0.4, 0.5) is 5.82 Å². The molecule has 4 rings (SSSR count). The van der Waals surface area contributed by atoms with Crippen molar-refractivity contribution in [2.75, 3.05) is 18.4 Å². The first-order chi connectivity index (χ1) is 16.7. The van der Waals surface area contributed by atoms with Crippen molar-refractivity contribution >= 4 is 21.7 Å². The van der Waals surface area contributed by atoms with E-state index in [0.717, 1.165) is 28.7 Å². The van der Waals surface area contributed by atoms with E-state index in [-0.39, 0.29) is 11.8 Å². The van der Waals surface area contributed by atoms with Gasteiger partial charge in [-0.25, -0.2) is 8.42 Å². The van der Waals surface area contributed by atoms with Gasteiger partial charge in [-0.05, 0) is 86.9 Å². The lowest BCUT2D eigenvalue weighted by molar-refractivity contribution is -0.120. The number of nitrogens with zero attached hydrogens (tertiary/aromatic N) is 4. The van der Waals surface area contributed by atoms with E-state index in [2.05, 4.69) is 15.4 Å². The lowest BCUT2D eigenvalue weighted by Crippen LogP contribution is -2.42.